The largest absolute Gasteiger partial charge is 0.481 e. The van der Waals surface area contributed by atoms with Crippen LogP contribution in [0.3, 0.4) is 0 Å². The van der Waals surface area contributed by atoms with Crippen LogP contribution in [-0.4, -0.2) is 46.5 Å². The van der Waals surface area contributed by atoms with Crippen LogP contribution >= 0.6 is 11.3 Å². The monoisotopic (exact) mass is 294 g/mol. The van der Waals surface area contributed by atoms with E-state index in [1.54, 1.807) is 16.2 Å². The lowest BCUT2D eigenvalue weighted by Gasteiger charge is -2.36. The van der Waals surface area contributed by atoms with Crippen molar-refractivity contribution in [3.8, 4) is 0 Å². The van der Waals surface area contributed by atoms with Gasteiger partial charge >= 0.3 is 12.0 Å². The summed E-state index contributed by atoms with van der Waals surface area (Å²) in [6, 6.07) is 2.07. The molecule has 6 heteroatoms. The van der Waals surface area contributed by atoms with Crippen molar-refractivity contribution in [2.75, 3.05) is 19.6 Å². The Kier molecular flexibility index (Phi) is 3.65. The Labute approximate surface area is 121 Å². The zero-order chi connectivity index (χ0) is 14.1. The molecule has 0 aromatic carbocycles. The van der Waals surface area contributed by atoms with E-state index in [2.05, 4.69) is 11.4 Å². The summed E-state index contributed by atoms with van der Waals surface area (Å²) in [6.07, 6.45) is 2.36. The van der Waals surface area contributed by atoms with Crippen LogP contribution in [-0.2, 0) is 17.8 Å². The standard InChI is InChI=1S/C14H18N2O3S/c17-13(18)11-2-1-5-15(9-11)14(19)16-6-3-12-10(8-16)4-7-20-12/h4,7,11H,1-3,5-6,8-9H2,(H,17,18)/t11-/m0/s1. The summed E-state index contributed by atoms with van der Waals surface area (Å²) in [6.45, 7) is 2.42. The number of urea groups is 1. The summed E-state index contributed by atoms with van der Waals surface area (Å²) in [7, 11) is 0. The van der Waals surface area contributed by atoms with Crippen LogP contribution in [0.1, 0.15) is 23.3 Å². The molecule has 0 bridgehead atoms. The van der Waals surface area contributed by atoms with Gasteiger partial charge in [-0.2, -0.15) is 0 Å². The number of likely N-dealkylation sites (tertiary alicyclic amines) is 1. The van der Waals surface area contributed by atoms with Gasteiger partial charge in [-0.15, -0.1) is 11.3 Å². The van der Waals surface area contributed by atoms with E-state index in [0.717, 1.165) is 19.4 Å². The number of nitrogens with zero attached hydrogens (tertiary/aromatic N) is 2. The van der Waals surface area contributed by atoms with E-state index in [1.165, 1.54) is 10.4 Å². The number of amides is 2. The van der Waals surface area contributed by atoms with Gasteiger partial charge < -0.3 is 14.9 Å². The van der Waals surface area contributed by atoms with Crippen LogP contribution in [0.4, 0.5) is 4.79 Å². The maximum Gasteiger partial charge on any atom is 0.320 e. The molecule has 1 N–H and O–H groups in total. The number of hydrogen-bond donors (Lipinski definition) is 1. The molecule has 1 fully saturated rings. The average Bonchev–Trinajstić information content (AvgIpc) is 2.94. The molecular weight excluding hydrogens is 276 g/mol. The predicted molar refractivity (Wildman–Crippen MR) is 75.8 cm³/mol. The number of piperidine rings is 1. The second kappa shape index (κ2) is 5.44. The summed E-state index contributed by atoms with van der Waals surface area (Å²) < 4.78 is 0. The maximum atomic E-state index is 12.5. The smallest absolute Gasteiger partial charge is 0.320 e. The van der Waals surface area contributed by atoms with Gasteiger partial charge in [-0.25, -0.2) is 4.79 Å². The van der Waals surface area contributed by atoms with Crippen LogP contribution in [0.2, 0.25) is 0 Å². The van der Waals surface area contributed by atoms with Crippen LogP contribution in [0.25, 0.3) is 0 Å². The molecule has 0 aliphatic carbocycles. The summed E-state index contributed by atoms with van der Waals surface area (Å²) in [5.74, 6) is -1.20. The molecule has 0 spiro atoms. The Balaban J connectivity index is 1.66. The van der Waals surface area contributed by atoms with Gasteiger partial charge in [0, 0.05) is 31.1 Å². The van der Waals surface area contributed by atoms with E-state index in [9.17, 15) is 9.59 Å². The van der Waals surface area contributed by atoms with Crippen molar-refractivity contribution in [1.82, 2.24) is 9.80 Å². The number of carbonyl (C=O) groups excluding carboxylic acids is 1. The molecule has 3 heterocycles. The second-order valence-electron chi connectivity index (χ2n) is 5.45. The Bertz CT molecular complexity index is 528. The summed E-state index contributed by atoms with van der Waals surface area (Å²) in [5, 5.41) is 11.2. The Hall–Kier alpha value is -1.56. The first kappa shape index (κ1) is 13.4. The lowest BCUT2D eigenvalue weighted by molar-refractivity contribution is -0.143. The first-order valence-corrected chi connectivity index (χ1v) is 7.85. The summed E-state index contributed by atoms with van der Waals surface area (Å²) in [5.41, 5.74) is 1.24. The first-order valence-electron chi connectivity index (χ1n) is 6.97. The predicted octanol–water partition coefficient (Wildman–Crippen LogP) is 2.02. The van der Waals surface area contributed by atoms with E-state index in [1.807, 2.05) is 4.90 Å². The molecule has 1 aromatic heterocycles. The lowest BCUT2D eigenvalue weighted by atomic mass is 9.98. The molecular formula is C14H18N2O3S. The molecule has 0 unspecified atom stereocenters. The Morgan fingerprint density at radius 3 is 2.95 bits per heavy atom. The van der Waals surface area contributed by atoms with Gasteiger partial charge in [-0.1, -0.05) is 0 Å². The minimum atomic E-state index is -0.790. The van der Waals surface area contributed by atoms with E-state index < -0.39 is 11.9 Å². The number of thiophene rings is 1. The highest BCUT2D eigenvalue weighted by atomic mass is 32.1. The number of carboxylic acids is 1. The molecule has 2 amide bonds. The molecule has 2 aliphatic rings. The van der Waals surface area contributed by atoms with Crippen LogP contribution < -0.4 is 0 Å². The number of rotatable bonds is 1. The zero-order valence-electron chi connectivity index (χ0n) is 11.2. The number of aliphatic carboxylic acids is 1. The van der Waals surface area contributed by atoms with Crippen molar-refractivity contribution in [2.24, 2.45) is 5.92 Å². The van der Waals surface area contributed by atoms with E-state index in [0.29, 0.717) is 26.1 Å². The Morgan fingerprint density at radius 2 is 2.15 bits per heavy atom. The van der Waals surface area contributed by atoms with Gasteiger partial charge in [0.15, 0.2) is 0 Å². The molecule has 108 valence electrons. The fourth-order valence-electron chi connectivity index (χ4n) is 2.96. The second-order valence-corrected chi connectivity index (χ2v) is 6.45. The molecule has 0 radical (unpaired) electrons. The first-order chi connectivity index (χ1) is 9.65. The van der Waals surface area contributed by atoms with Crippen LogP contribution in [0.15, 0.2) is 11.4 Å². The lowest BCUT2D eigenvalue weighted by Crippen LogP contribution is -2.49. The van der Waals surface area contributed by atoms with Crippen molar-refractivity contribution in [2.45, 2.75) is 25.8 Å². The molecule has 1 saturated heterocycles. The SMILES string of the molecule is O=C(O)[C@H]1CCCN(C(=O)N2CCc3sccc3C2)C1. The number of fused-ring (bicyclic) bond motifs is 1. The molecule has 2 aliphatic heterocycles. The minimum absolute atomic E-state index is 0.00667. The fourth-order valence-corrected chi connectivity index (χ4v) is 3.85. The number of carboxylic acid groups (broad SMARTS) is 1. The van der Waals surface area contributed by atoms with Gasteiger partial charge in [0.2, 0.25) is 0 Å². The van der Waals surface area contributed by atoms with Gasteiger partial charge in [-0.05, 0) is 36.3 Å². The molecule has 20 heavy (non-hydrogen) atoms. The highest BCUT2D eigenvalue weighted by Gasteiger charge is 2.31. The van der Waals surface area contributed by atoms with Crippen molar-refractivity contribution in [3.63, 3.8) is 0 Å². The normalized spacial score (nSPS) is 22.5. The third-order valence-corrected chi connectivity index (χ3v) is 5.14. The molecule has 0 saturated carbocycles. The third kappa shape index (κ3) is 2.52. The van der Waals surface area contributed by atoms with Crippen molar-refractivity contribution >= 4 is 23.3 Å². The Morgan fingerprint density at radius 1 is 1.30 bits per heavy atom. The third-order valence-electron chi connectivity index (χ3n) is 4.12. The molecule has 3 rings (SSSR count). The van der Waals surface area contributed by atoms with Crippen molar-refractivity contribution in [3.05, 3.63) is 21.9 Å². The average molecular weight is 294 g/mol. The topological polar surface area (TPSA) is 60.9 Å². The molecule has 1 aromatic rings. The summed E-state index contributed by atoms with van der Waals surface area (Å²) >= 11 is 1.75. The van der Waals surface area contributed by atoms with Crippen LogP contribution in [0, 0.1) is 5.92 Å². The van der Waals surface area contributed by atoms with Gasteiger partial charge in [0.1, 0.15) is 0 Å². The number of carbonyl (C=O) groups is 2. The minimum Gasteiger partial charge on any atom is -0.481 e. The fraction of sp³-hybridized carbons (Fsp3) is 0.571. The van der Waals surface area contributed by atoms with Crippen molar-refractivity contribution < 1.29 is 14.7 Å². The number of hydrogen-bond acceptors (Lipinski definition) is 3. The highest BCUT2D eigenvalue weighted by molar-refractivity contribution is 7.10. The molecule has 5 nitrogen and oxygen atoms in total. The zero-order valence-corrected chi connectivity index (χ0v) is 12.1. The van der Waals surface area contributed by atoms with Gasteiger partial charge in [0.05, 0.1) is 5.92 Å². The quantitative estimate of drug-likeness (QED) is 0.862. The molecule has 1 atom stereocenters. The van der Waals surface area contributed by atoms with Crippen LogP contribution in [0.5, 0.6) is 0 Å². The van der Waals surface area contributed by atoms with Gasteiger partial charge in [0.25, 0.3) is 0 Å². The highest BCUT2D eigenvalue weighted by Crippen LogP contribution is 2.26. The summed E-state index contributed by atoms with van der Waals surface area (Å²) in [4.78, 5) is 28.5. The van der Waals surface area contributed by atoms with E-state index in [-0.39, 0.29) is 6.03 Å². The van der Waals surface area contributed by atoms with Crippen molar-refractivity contribution in [1.29, 1.82) is 0 Å². The maximum absolute atomic E-state index is 12.5. The van der Waals surface area contributed by atoms with E-state index in [4.69, 9.17) is 5.11 Å². The van der Waals surface area contributed by atoms with E-state index >= 15 is 0 Å². The van der Waals surface area contributed by atoms with Gasteiger partial charge in [-0.3, -0.25) is 4.79 Å².